The van der Waals surface area contributed by atoms with E-state index in [4.69, 9.17) is 9.72 Å². The molecule has 0 bridgehead atoms. The van der Waals surface area contributed by atoms with Gasteiger partial charge in [0.05, 0.1) is 28.0 Å². The van der Waals surface area contributed by atoms with E-state index in [1.807, 2.05) is 44.1 Å². The topological polar surface area (TPSA) is 110 Å². The van der Waals surface area contributed by atoms with Gasteiger partial charge in [-0.3, -0.25) is 9.97 Å². The van der Waals surface area contributed by atoms with Gasteiger partial charge in [-0.1, -0.05) is 0 Å². The van der Waals surface area contributed by atoms with Gasteiger partial charge in [-0.2, -0.15) is 23.1 Å². The van der Waals surface area contributed by atoms with Gasteiger partial charge < -0.3 is 35.1 Å². The molecule has 1 aliphatic heterocycles. The predicted molar refractivity (Wildman–Crippen MR) is 167 cm³/mol. The maximum absolute atomic E-state index is 13.3. The lowest BCUT2D eigenvalue weighted by Crippen LogP contribution is -2.44. The lowest BCUT2D eigenvalue weighted by atomic mass is 10.1. The summed E-state index contributed by atoms with van der Waals surface area (Å²) in [6.07, 6.45) is 0.541. The first kappa shape index (κ1) is 29.2. The van der Waals surface area contributed by atoms with Crippen molar-refractivity contribution in [2.24, 2.45) is 0 Å². The van der Waals surface area contributed by atoms with Crippen molar-refractivity contribution >= 4 is 56.6 Å². The van der Waals surface area contributed by atoms with Gasteiger partial charge in [0.2, 0.25) is 5.95 Å². The molecule has 5 aromatic rings. The van der Waals surface area contributed by atoms with Crippen molar-refractivity contribution in [1.29, 1.82) is 0 Å². The molecule has 0 amide bonds. The summed E-state index contributed by atoms with van der Waals surface area (Å²) in [5, 5.41) is 7.28. The lowest BCUT2D eigenvalue weighted by molar-refractivity contribution is -0.153. The average molecular weight is 607 g/mol. The van der Waals surface area contributed by atoms with Gasteiger partial charge in [-0.25, -0.2) is 0 Å². The number of piperazine rings is 1. The van der Waals surface area contributed by atoms with Crippen LogP contribution in [0.2, 0.25) is 0 Å². The van der Waals surface area contributed by atoms with Crippen LogP contribution in [0.4, 0.5) is 47.7 Å². The van der Waals surface area contributed by atoms with Gasteiger partial charge in [-0.15, -0.1) is 0 Å². The van der Waals surface area contributed by atoms with Crippen LogP contribution >= 0.6 is 0 Å². The third kappa shape index (κ3) is 6.11. The van der Waals surface area contributed by atoms with Crippen molar-refractivity contribution in [3.05, 3.63) is 54.5 Å². The maximum atomic E-state index is 13.3. The summed E-state index contributed by atoms with van der Waals surface area (Å²) in [7, 11) is 5.89. The summed E-state index contributed by atoms with van der Waals surface area (Å²) in [5.74, 6) is 0.737. The van der Waals surface area contributed by atoms with Crippen molar-refractivity contribution in [2.75, 3.05) is 74.4 Å². The van der Waals surface area contributed by atoms with E-state index in [-0.39, 0.29) is 11.7 Å². The van der Waals surface area contributed by atoms with Crippen LogP contribution in [0.15, 0.2) is 48.9 Å². The van der Waals surface area contributed by atoms with Crippen molar-refractivity contribution in [1.82, 2.24) is 29.8 Å². The molecular formula is C30H33F3N10O. The van der Waals surface area contributed by atoms with Crippen molar-refractivity contribution in [3.8, 4) is 5.75 Å². The molecule has 3 aromatic heterocycles. The average Bonchev–Trinajstić information content (AvgIpc) is 3.46. The summed E-state index contributed by atoms with van der Waals surface area (Å²) in [6.45, 7) is 3.75. The van der Waals surface area contributed by atoms with Gasteiger partial charge in [-0.05, 0) is 43.8 Å². The Morgan fingerprint density at radius 3 is 2.50 bits per heavy atom. The molecule has 6 rings (SSSR count). The number of halogens is 3. The van der Waals surface area contributed by atoms with Crippen LogP contribution in [0.3, 0.4) is 0 Å². The number of benzene rings is 2. The Kier molecular flexibility index (Phi) is 7.76. The van der Waals surface area contributed by atoms with Crippen molar-refractivity contribution in [2.45, 2.75) is 13.1 Å². The Balaban J connectivity index is 1.37. The number of H-pyrrole nitrogens is 1. The minimum atomic E-state index is -4.50. The number of aromatic amines is 1. The van der Waals surface area contributed by atoms with E-state index in [1.165, 1.54) is 0 Å². The van der Waals surface area contributed by atoms with Crippen LogP contribution in [0.1, 0.15) is 5.56 Å². The summed E-state index contributed by atoms with van der Waals surface area (Å²) >= 11 is 0. The quantitative estimate of drug-likeness (QED) is 0.211. The fourth-order valence-electron chi connectivity index (χ4n) is 5.36. The highest BCUT2D eigenvalue weighted by Gasteiger charge is 2.29. The van der Waals surface area contributed by atoms with Crippen LogP contribution in [0.25, 0.3) is 22.1 Å². The molecule has 1 saturated heterocycles. The van der Waals surface area contributed by atoms with E-state index < -0.39 is 12.8 Å². The largest absolute Gasteiger partial charge is 0.482 e. The Bertz CT molecular complexity index is 1800. The number of aromatic nitrogens is 5. The summed E-state index contributed by atoms with van der Waals surface area (Å²) in [6, 6.07) is 9.08. The number of likely N-dealkylation sites (N-methyl/N-ethyl adjacent to an activating group) is 1. The van der Waals surface area contributed by atoms with Crippen molar-refractivity contribution in [3.63, 3.8) is 0 Å². The molecule has 0 unspecified atom stereocenters. The molecule has 0 radical (unpaired) electrons. The highest BCUT2D eigenvalue weighted by Crippen LogP contribution is 2.38. The fraction of sp³-hybridized carbons (Fsp3) is 0.333. The van der Waals surface area contributed by atoms with Crippen LogP contribution in [-0.2, 0) is 0 Å². The minimum absolute atomic E-state index is 0.0644. The van der Waals surface area contributed by atoms with Gasteiger partial charge in [0.25, 0.3) is 0 Å². The summed E-state index contributed by atoms with van der Waals surface area (Å²) < 4.78 is 45.1. The summed E-state index contributed by atoms with van der Waals surface area (Å²) in [4.78, 5) is 27.7. The number of hydrogen-bond donors (Lipinski definition) is 3. The Morgan fingerprint density at radius 1 is 0.977 bits per heavy atom. The second kappa shape index (κ2) is 11.7. The van der Waals surface area contributed by atoms with E-state index in [9.17, 15) is 13.2 Å². The number of hydrogen-bond acceptors (Lipinski definition) is 10. The van der Waals surface area contributed by atoms with Gasteiger partial charge in [0.15, 0.2) is 6.61 Å². The zero-order chi connectivity index (χ0) is 31.0. The van der Waals surface area contributed by atoms with E-state index in [0.29, 0.717) is 17.2 Å². The van der Waals surface area contributed by atoms with E-state index in [1.54, 1.807) is 30.7 Å². The highest BCUT2D eigenvalue weighted by molar-refractivity contribution is 5.99. The number of nitrogens with zero attached hydrogens (tertiary/aromatic N) is 7. The van der Waals surface area contributed by atoms with Gasteiger partial charge >= 0.3 is 6.18 Å². The molecule has 14 heteroatoms. The molecule has 11 nitrogen and oxygen atoms in total. The second-order valence-corrected chi connectivity index (χ2v) is 11.0. The van der Waals surface area contributed by atoms with E-state index in [2.05, 4.69) is 47.4 Å². The van der Waals surface area contributed by atoms with Gasteiger partial charge in [0, 0.05) is 70.6 Å². The Labute approximate surface area is 252 Å². The normalized spacial score (nSPS) is 14.3. The first-order valence-corrected chi connectivity index (χ1v) is 14.1. The zero-order valence-corrected chi connectivity index (χ0v) is 24.8. The predicted octanol–water partition coefficient (Wildman–Crippen LogP) is 5.46. The van der Waals surface area contributed by atoms with Crippen LogP contribution in [0, 0.1) is 6.92 Å². The van der Waals surface area contributed by atoms with Crippen LogP contribution in [-0.4, -0.2) is 89.9 Å². The number of ether oxygens (including phenoxy) is 1. The number of alkyl halides is 3. The fourth-order valence-corrected chi connectivity index (χ4v) is 5.36. The number of anilines is 6. The van der Waals surface area contributed by atoms with Crippen molar-refractivity contribution < 1.29 is 17.9 Å². The lowest BCUT2D eigenvalue weighted by Gasteiger charge is -2.35. The standard InChI is InChI=1S/C30H33F3N10O/c1-18-15-22(24(44-17-30(31,32)33)16-23(18)43-13-11-42(4)12-14-43)38-29-39-27-19(7-8-36-27)28(40-29)37-21-6-5-20-25(26(21)41(2)3)35-10-9-34-20/h5-10,15-16H,11-14,17H2,1-4H3,(H3,36,37,38,39,40). The molecule has 1 fully saturated rings. The van der Waals surface area contributed by atoms with Gasteiger partial charge in [0.1, 0.15) is 22.7 Å². The van der Waals surface area contributed by atoms with E-state index in [0.717, 1.165) is 65.2 Å². The molecule has 1 aliphatic rings. The third-order valence-electron chi connectivity index (χ3n) is 7.51. The molecular weight excluding hydrogens is 573 g/mol. The molecule has 0 spiro atoms. The molecule has 2 aromatic carbocycles. The molecule has 0 aliphatic carbocycles. The highest BCUT2D eigenvalue weighted by atomic mass is 19.4. The first-order chi connectivity index (χ1) is 21.1. The molecule has 44 heavy (non-hydrogen) atoms. The molecule has 0 atom stereocenters. The summed E-state index contributed by atoms with van der Waals surface area (Å²) in [5.41, 5.74) is 5.64. The van der Waals surface area contributed by atoms with E-state index >= 15 is 0 Å². The molecule has 3 N–H and O–H groups in total. The monoisotopic (exact) mass is 606 g/mol. The number of nitrogens with one attached hydrogen (secondary N) is 3. The smallest absolute Gasteiger partial charge is 0.422 e. The number of aryl methyl sites for hydroxylation is 1. The Hall–Kier alpha value is -4.85. The second-order valence-electron chi connectivity index (χ2n) is 11.0. The van der Waals surface area contributed by atoms with Crippen LogP contribution < -0.4 is 25.2 Å². The number of rotatable bonds is 8. The number of fused-ring (bicyclic) bond motifs is 2. The maximum Gasteiger partial charge on any atom is 0.422 e. The molecule has 230 valence electrons. The minimum Gasteiger partial charge on any atom is -0.482 e. The molecule has 4 heterocycles. The molecule has 0 saturated carbocycles. The first-order valence-electron chi connectivity index (χ1n) is 14.1. The zero-order valence-electron chi connectivity index (χ0n) is 24.8. The SMILES string of the molecule is Cc1cc(Nc2nc(Nc3ccc4nccnc4c3N(C)C)c3cc[nH]c3n2)c(OCC(F)(F)F)cc1N1CCN(C)CC1. The third-order valence-corrected chi connectivity index (χ3v) is 7.51. The van der Waals surface area contributed by atoms with Crippen LogP contribution in [0.5, 0.6) is 5.75 Å². The Morgan fingerprint density at radius 2 is 1.75 bits per heavy atom.